The van der Waals surface area contributed by atoms with E-state index in [1.54, 1.807) is 6.07 Å². The van der Waals surface area contributed by atoms with Crippen molar-refractivity contribution in [2.24, 2.45) is 0 Å². The lowest BCUT2D eigenvalue weighted by atomic mass is 9.98. The number of hydrogen-bond donors (Lipinski definition) is 2. The first-order valence-electron chi connectivity index (χ1n) is 4.55. The van der Waals surface area contributed by atoms with Gasteiger partial charge < -0.3 is 4.98 Å². The summed E-state index contributed by atoms with van der Waals surface area (Å²) in [5.41, 5.74) is 2.67. The Morgan fingerprint density at radius 3 is 3.00 bits per heavy atom. The van der Waals surface area contributed by atoms with Gasteiger partial charge >= 0.3 is 0 Å². The van der Waals surface area contributed by atoms with Crippen molar-refractivity contribution in [3.05, 3.63) is 29.6 Å². The van der Waals surface area contributed by atoms with E-state index in [4.69, 9.17) is 0 Å². The molecule has 74 valence electrons. The van der Waals surface area contributed by atoms with Crippen molar-refractivity contribution in [3.8, 4) is 0 Å². The Bertz CT molecular complexity index is 585. The van der Waals surface area contributed by atoms with Crippen LogP contribution in [0.25, 0.3) is 11.0 Å². The number of imide groups is 1. The molecule has 0 bridgehead atoms. The molecule has 0 saturated carbocycles. The summed E-state index contributed by atoms with van der Waals surface area (Å²) in [6.07, 6.45) is 1.78. The van der Waals surface area contributed by atoms with E-state index in [0.29, 0.717) is 11.1 Å². The maximum Gasteiger partial charge on any atom is 0.260 e. The number of aromatic nitrogens is 2. The van der Waals surface area contributed by atoms with Crippen LogP contribution in [-0.2, 0) is 11.2 Å². The molecule has 0 radical (unpaired) electrons. The van der Waals surface area contributed by atoms with E-state index >= 15 is 0 Å². The minimum absolute atomic E-state index is 0.240. The van der Waals surface area contributed by atoms with Crippen molar-refractivity contribution in [1.29, 1.82) is 0 Å². The largest absolute Gasteiger partial charge is 0.345 e. The number of H-pyrrole nitrogens is 1. The molecule has 0 fully saturated rings. The van der Waals surface area contributed by atoms with Crippen LogP contribution in [0.5, 0.6) is 0 Å². The van der Waals surface area contributed by atoms with E-state index in [0.717, 1.165) is 11.1 Å². The summed E-state index contributed by atoms with van der Waals surface area (Å²) in [7, 11) is 0. The number of imidazole rings is 1. The van der Waals surface area contributed by atoms with Gasteiger partial charge in [0.25, 0.3) is 5.91 Å². The first kappa shape index (κ1) is 8.16. The summed E-state index contributed by atoms with van der Waals surface area (Å²) in [6.45, 7) is 0. The van der Waals surface area contributed by atoms with Crippen LogP contribution in [0.4, 0.5) is 0 Å². The number of amides is 2. The topological polar surface area (TPSA) is 74.8 Å². The van der Waals surface area contributed by atoms with E-state index in [1.807, 2.05) is 6.07 Å². The predicted molar refractivity (Wildman–Crippen MR) is 52.3 cm³/mol. The number of rotatable bonds is 0. The van der Waals surface area contributed by atoms with Gasteiger partial charge in [0.2, 0.25) is 5.91 Å². The highest BCUT2D eigenvalue weighted by Gasteiger charge is 2.25. The van der Waals surface area contributed by atoms with Crippen LogP contribution in [0.1, 0.15) is 15.9 Å². The van der Waals surface area contributed by atoms with Crippen LogP contribution in [0.3, 0.4) is 0 Å². The molecule has 2 amide bonds. The van der Waals surface area contributed by atoms with Crippen molar-refractivity contribution in [3.63, 3.8) is 0 Å². The number of nitrogens with one attached hydrogen (secondary N) is 2. The molecule has 2 aromatic rings. The first-order chi connectivity index (χ1) is 7.25. The fourth-order valence-electron chi connectivity index (χ4n) is 1.86. The summed E-state index contributed by atoms with van der Waals surface area (Å²) in [4.78, 5) is 29.8. The summed E-state index contributed by atoms with van der Waals surface area (Å²) in [5, 5.41) is 2.29. The maximum atomic E-state index is 11.6. The Morgan fingerprint density at radius 2 is 2.13 bits per heavy atom. The monoisotopic (exact) mass is 201 g/mol. The molecule has 15 heavy (non-hydrogen) atoms. The Kier molecular flexibility index (Phi) is 1.45. The van der Waals surface area contributed by atoms with Crippen molar-refractivity contribution in [2.75, 3.05) is 0 Å². The minimum Gasteiger partial charge on any atom is -0.345 e. The second-order valence-corrected chi connectivity index (χ2v) is 3.45. The second-order valence-electron chi connectivity index (χ2n) is 3.45. The molecule has 5 nitrogen and oxygen atoms in total. The molecule has 1 aromatic heterocycles. The molecule has 0 spiro atoms. The molecule has 0 aliphatic carbocycles. The molecule has 1 aliphatic rings. The standard InChI is InChI=1S/C10H7N3O2/c14-7-3-5-1-2-6-9(12-4-11-6)8(5)10(15)13-7/h1-2,4H,3H2,(H,11,12)(H,13,14,15). The van der Waals surface area contributed by atoms with Gasteiger partial charge in [-0.2, -0.15) is 0 Å². The molecule has 2 heterocycles. The van der Waals surface area contributed by atoms with Crippen LogP contribution in [0.2, 0.25) is 0 Å². The fourth-order valence-corrected chi connectivity index (χ4v) is 1.86. The quantitative estimate of drug-likeness (QED) is 0.605. The summed E-state index contributed by atoms with van der Waals surface area (Å²) >= 11 is 0. The lowest BCUT2D eigenvalue weighted by molar-refractivity contribution is -0.119. The number of nitrogens with zero attached hydrogens (tertiary/aromatic N) is 1. The Balaban J connectivity index is 2.37. The van der Waals surface area contributed by atoms with E-state index in [-0.39, 0.29) is 18.2 Å². The van der Waals surface area contributed by atoms with Crippen molar-refractivity contribution in [2.45, 2.75) is 6.42 Å². The molecule has 0 atom stereocenters. The number of carbonyl (C=O) groups excluding carboxylic acids is 2. The third-order valence-corrected chi connectivity index (χ3v) is 2.51. The van der Waals surface area contributed by atoms with E-state index in [9.17, 15) is 9.59 Å². The average molecular weight is 201 g/mol. The minimum atomic E-state index is -0.362. The normalized spacial score (nSPS) is 15.2. The number of carbonyl (C=O) groups is 2. The fraction of sp³-hybridized carbons (Fsp3) is 0.100. The lowest BCUT2D eigenvalue weighted by Gasteiger charge is -2.14. The van der Waals surface area contributed by atoms with Crippen LogP contribution in [-0.4, -0.2) is 21.8 Å². The average Bonchev–Trinajstić information content (AvgIpc) is 2.63. The van der Waals surface area contributed by atoms with Crippen LogP contribution in [0.15, 0.2) is 18.5 Å². The highest BCUT2D eigenvalue weighted by molar-refractivity contribution is 6.15. The zero-order valence-corrected chi connectivity index (χ0v) is 7.70. The lowest BCUT2D eigenvalue weighted by Crippen LogP contribution is -2.37. The summed E-state index contributed by atoms with van der Waals surface area (Å²) < 4.78 is 0. The van der Waals surface area contributed by atoms with Gasteiger partial charge in [-0.1, -0.05) is 6.07 Å². The third-order valence-electron chi connectivity index (χ3n) is 2.51. The van der Waals surface area contributed by atoms with Gasteiger partial charge in [-0.15, -0.1) is 0 Å². The summed E-state index contributed by atoms with van der Waals surface area (Å²) in [6, 6.07) is 3.61. The SMILES string of the molecule is O=C1Cc2ccc3[nH]cnc3c2C(=O)N1. The smallest absolute Gasteiger partial charge is 0.260 e. The highest BCUT2D eigenvalue weighted by Crippen LogP contribution is 2.22. The second kappa shape index (κ2) is 2.66. The van der Waals surface area contributed by atoms with Gasteiger partial charge in [-0.3, -0.25) is 14.9 Å². The van der Waals surface area contributed by atoms with E-state index in [2.05, 4.69) is 15.3 Å². The van der Waals surface area contributed by atoms with Gasteiger partial charge in [0.1, 0.15) is 5.52 Å². The number of hydrogen-bond acceptors (Lipinski definition) is 3. The van der Waals surface area contributed by atoms with Gasteiger partial charge in [0.15, 0.2) is 0 Å². The number of fused-ring (bicyclic) bond motifs is 3. The molecular formula is C10H7N3O2. The number of aromatic amines is 1. The zero-order valence-electron chi connectivity index (χ0n) is 7.70. The molecule has 2 N–H and O–H groups in total. The Labute approximate surface area is 84.5 Å². The molecular weight excluding hydrogens is 194 g/mol. The van der Waals surface area contributed by atoms with Gasteiger partial charge in [-0.25, -0.2) is 4.98 Å². The Hall–Kier alpha value is -2.17. The van der Waals surface area contributed by atoms with Crippen LogP contribution in [0, 0.1) is 0 Å². The van der Waals surface area contributed by atoms with Gasteiger partial charge in [-0.05, 0) is 11.6 Å². The van der Waals surface area contributed by atoms with Crippen LogP contribution >= 0.6 is 0 Å². The number of benzene rings is 1. The van der Waals surface area contributed by atoms with Crippen LogP contribution < -0.4 is 5.32 Å². The maximum absolute atomic E-state index is 11.6. The molecule has 0 saturated heterocycles. The molecule has 5 heteroatoms. The van der Waals surface area contributed by atoms with E-state index in [1.165, 1.54) is 6.33 Å². The van der Waals surface area contributed by atoms with Crippen molar-refractivity contribution in [1.82, 2.24) is 15.3 Å². The van der Waals surface area contributed by atoms with Gasteiger partial charge in [0, 0.05) is 0 Å². The van der Waals surface area contributed by atoms with E-state index < -0.39 is 0 Å². The molecule has 0 unspecified atom stereocenters. The van der Waals surface area contributed by atoms with Crippen molar-refractivity contribution < 1.29 is 9.59 Å². The molecule has 1 aliphatic heterocycles. The highest BCUT2D eigenvalue weighted by atomic mass is 16.2. The zero-order chi connectivity index (χ0) is 10.4. The van der Waals surface area contributed by atoms with Crippen molar-refractivity contribution >= 4 is 22.8 Å². The first-order valence-corrected chi connectivity index (χ1v) is 4.55. The predicted octanol–water partition coefficient (Wildman–Crippen LogP) is 0.375. The Morgan fingerprint density at radius 1 is 1.27 bits per heavy atom. The molecule has 1 aromatic carbocycles. The van der Waals surface area contributed by atoms with Gasteiger partial charge in [0.05, 0.1) is 23.8 Å². The summed E-state index contributed by atoms with van der Waals surface area (Å²) in [5.74, 6) is -0.624. The molecule has 3 rings (SSSR count). The third kappa shape index (κ3) is 1.06.